The summed E-state index contributed by atoms with van der Waals surface area (Å²) in [5, 5.41) is 0.946. The third kappa shape index (κ3) is 8.90. The number of nitrogens with one attached hydrogen (secondary N) is 1. The summed E-state index contributed by atoms with van der Waals surface area (Å²) in [6, 6.07) is 12.1. The molecule has 0 radical (unpaired) electrons. The monoisotopic (exact) mass is 675 g/mol. The summed E-state index contributed by atoms with van der Waals surface area (Å²) in [7, 11) is 1.99. The highest BCUT2D eigenvalue weighted by molar-refractivity contribution is 5.95. The van der Waals surface area contributed by atoms with Gasteiger partial charge in [-0.05, 0) is 54.9 Å². The van der Waals surface area contributed by atoms with E-state index in [4.69, 9.17) is 0 Å². The first-order valence-electron chi connectivity index (χ1n) is 13.8. The summed E-state index contributed by atoms with van der Waals surface area (Å²) < 4.78 is 81.3. The highest BCUT2D eigenvalue weighted by Crippen LogP contribution is 2.37. The number of rotatable bonds is 8. The lowest BCUT2D eigenvalue weighted by atomic mass is 9.98. The molecule has 2 aromatic carbocycles. The van der Waals surface area contributed by atoms with Gasteiger partial charge in [0.15, 0.2) is 0 Å². The summed E-state index contributed by atoms with van der Waals surface area (Å²) in [5.41, 5.74) is -0.766. The van der Waals surface area contributed by atoms with Crippen molar-refractivity contribution >= 4 is 41.6 Å². The number of pyridine rings is 1. The first-order valence-corrected chi connectivity index (χ1v) is 13.8. The molecule has 244 valence electrons. The number of halogens is 8. The average molecular weight is 677 g/mol. The molecule has 1 atom stereocenters. The lowest BCUT2D eigenvalue weighted by Gasteiger charge is -2.42. The van der Waals surface area contributed by atoms with Crippen LogP contribution >= 0.6 is 24.8 Å². The van der Waals surface area contributed by atoms with E-state index < -0.39 is 41.0 Å². The van der Waals surface area contributed by atoms with Gasteiger partial charge in [-0.1, -0.05) is 24.3 Å². The zero-order valence-corrected chi connectivity index (χ0v) is 25.9. The van der Waals surface area contributed by atoms with Gasteiger partial charge in [-0.3, -0.25) is 14.7 Å². The number of hydrogen-bond acceptors (Lipinski definition) is 4. The maximum atomic E-state index is 13.7. The number of carbonyl (C=O) groups is 1. The molecule has 2 aromatic heterocycles. The average Bonchev–Trinajstić information content (AvgIpc) is 3.38. The van der Waals surface area contributed by atoms with Crippen LogP contribution in [0.15, 0.2) is 73.2 Å². The van der Waals surface area contributed by atoms with Gasteiger partial charge in [0.25, 0.3) is 5.91 Å². The molecule has 1 aliphatic heterocycles. The van der Waals surface area contributed by atoms with Crippen LogP contribution in [0.5, 0.6) is 0 Å². The lowest BCUT2D eigenvalue weighted by Crippen LogP contribution is -2.56. The molecule has 4 aromatic rings. The van der Waals surface area contributed by atoms with Crippen molar-refractivity contribution in [3.63, 3.8) is 0 Å². The molecule has 0 saturated carbocycles. The van der Waals surface area contributed by atoms with Gasteiger partial charge in [-0.2, -0.15) is 26.3 Å². The standard InChI is InChI=1S/C31H31F6N5O.2ClH/c1-40(19-21-5-4-8-38-17-21)9-10-41-11-12-42(26(20-41)15-23-18-39-28-7-3-2-6-27(23)28)29(43)22-13-24(30(32,33)34)16-25(14-22)31(35,36)37;;/h2-8,13-14,16-18,26,39H,9-12,15,19-20H2,1H3;2*1H/t26-;;/m1../s1. The maximum absolute atomic E-state index is 13.7. The van der Waals surface area contributed by atoms with Crippen LogP contribution in [0.4, 0.5) is 26.3 Å². The molecule has 1 fully saturated rings. The number of likely N-dealkylation sites (N-methyl/N-ethyl adjacent to an activating group) is 1. The Hall–Kier alpha value is -3.32. The van der Waals surface area contributed by atoms with Crippen LogP contribution in [-0.2, 0) is 25.3 Å². The third-order valence-electron chi connectivity index (χ3n) is 7.77. The van der Waals surface area contributed by atoms with Crippen molar-refractivity contribution in [2.24, 2.45) is 0 Å². The van der Waals surface area contributed by atoms with Crippen LogP contribution in [-0.4, -0.2) is 76.4 Å². The Balaban J connectivity index is 0.00000276. The van der Waals surface area contributed by atoms with Gasteiger partial charge < -0.3 is 14.8 Å². The van der Waals surface area contributed by atoms with Gasteiger partial charge in [0.2, 0.25) is 0 Å². The second-order valence-corrected chi connectivity index (χ2v) is 10.9. The first-order chi connectivity index (χ1) is 20.4. The number of nitrogens with zero attached hydrogens (tertiary/aromatic N) is 4. The van der Waals surface area contributed by atoms with Crippen LogP contribution in [0.3, 0.4) is 0 Å². The number of piperazine rings is 1. The van der Waals surface area contributed by atoms with E-state index in [1.807, 2.05) is 49.6 Å². The SMILES string of the molecule is CN(CCN1CCN(C(=O)c2cc(C(F)(F)F)cc(C(F)(F)F)c2)[C@H](Cc2c[nH]c3ccccc23)C1)Cc1cccnc1.Cl.Cl. The summed E-state index contributed by atoms with van der Waals surface area (Å²) in [5.74, 6) is -0.852. The van der Waals surface area contributed by atoms with Gasteiger partial charge in [0.1, 0.15) is 0 Å². The van der Waals surface area contributed by atoms with E-state index in [1.165, 1.54) is 4.90 Å². The Labute approximate surface area is 269 Å². The molecule has 45 heavy (non-hydrogen) atoms. The fourth-order valence-corrected chi connectivity index (χ4v) is 5.56. The van der Waals surface area contributed by atoms with Crippen LogP contribution in [0.2, 0.25) is 0 Å². The Morgan fingerprint density at radius 3 is 2.31 bits per heavy atom. The Morgan fingerprint density at radius 1 is 0.978 bits per heavy atom. The minimum absolute atomic E-state index is 0. The molecule has 1 amide bonds. The third-order valence-corrected chi connectivity index (χ3v) is 7.77. The van der Waals surface area contributed by atoms with E-state index >= 15 is 0 Å². The number of hydrogen-bond donors (Lipinski definition) is 1. The molecule has 0 unspecified atom stereocenters. The smallest absolute Gasteiger partial charge is 0.361 e. The maximum Gasteiger partial charge on any atom is 0.416 e. The van der Waals surface area contributed by atoms with Crippen molar-refractivity contribution < 1.29 is 31.1 Å². The molecular weight excluding hydrogens is 643 g/mol. The summed E-state index contributed by atoms with van der Waals surface area (Å²) >= 11 is 0. The van der Waals surface area contributed by atoms with Crippen LogP contribution in [0, 0.1) is 0 Å². The first kappa shape index (κ1) is 36.2. The molecular formula is C31H33Cl2F6N5O. The second kappa shape index (κ2) is 14.8. The molecule has 0 bridgehead atoms. The van der Waals surface area contributed by atoms with E-state index in [0.29, 0.717) is 51.3 Å². The van der Waals surface area contributed by atoms with E-state index in [-0.39, 0.29) is 37.4 Å². The van der Waals surface area contributed by atoms with Crippen molar-refractivity contribution in [2.45, 2.75) is 31.4 Å². The molecule has 1 aliphatic rings. The van der Waals surface area contributed by atoms with E-state index in [9.17, 15) is 31.1 Å². The fourth-order valence-electron chi connectivity index (χ4n) is 5.56. The number of fused-ring (bicyclic) bond motifs is 1. The van der Waals surface area contributed by atoms with Crippen molar-refractivity contribution in [2.75, 3.05) is 39.8 Å². The van der Waals surface area contributed by atoms with E-state index in [0.717, 1.165) is 22.0 Å². The van der Waals surface area contributed by atoms with E-state index in [2.05, 4.69) is 19.8 Å². The number of benzene rings is 2. The Morgan fingerprint density at radius 2 is 1.67 bits per heavy atom. The largest absolute Gasteiger partial charge is 0.416 e. The van der Waals surface area contributed by atoms with Crippen LogP contribution in [0.1, 0.15) is 32.6 Å². The number of para-hydroxylation sites is 1. The predicted molar refractivity (Wildman–Crippen MR) is 165 cm³/mol. The van der Waals surface area contributed by atoms with Gasteiger partial charge >= 0.3 is 12.4 Å². The number of alkyl halides is 6. The minimum atomic E-state index is -5.04. The quantitative estimate of drug-likeness (QED) is 0.206. The van der Waals surface area contributed by atoms with Crippen molar-refractivity contribution in [3.8, 4) is 0 Å². The van der Waals surface area contributed by atoms with Crippen molar-refractivity contribution in [1.29, 1.82) is 0 Å². The summed E-state index contributed by atoms with van der Waals surface area (Å²) in [4.78, 5) is 26.8. The van der Waals surface area contributed by atoms with Crippen molar-refractivity contribution in [1.82, 2.24) is 24.7 Å². The highest BCUT2D eigenvalue weighted by Gasteiger charge is 2.39. The zero-order valence-electron chi connectivity index (χ0n) is 24.2. The number of carbonyl (C=O) groups excluding carboxylic acids is 1. The van der Waals surface area contributed by atoms with Crippen LogP contribution < -0.4 is 0 Å². The number of aromatic nitrogens is 2. The zero-order chi connectivity index (χ0) is 30.8. The number of H-pyrrole nitrogens is 1. The second-order valence-electron chi connectivity index (χ2n) is 10.9. The molecule has 0 aliphatic carbocycles. The van der Waals surface area contributed by atoms with Gasteiger partial charge in [-0.15, -0.1) is 24.8 Å². The summed E-state index contributed by atoms with van der Waals surface area (Å²) in [6.07, 6.45) is -4.36. The highest BCUT2D eigenvalue weighted by atomic mass is 35.5. The number of aromatic amines is 1. The van der Waals surface area contributed by atoms with Crippen molar-refractivity contribution in [3.05, 3.63) is 101 Å². The predicted octanol–water partition coefficient (Wildman–Crippen LogP) is 6.95. The van der Waals surface area contributed by atoms with E-state index in [1.54, 1.807) is 12.4 Å². The molecule has 3 heterocycles. The van der Waals surface area contributed by atoms with Crippen LogP contribution in [0.25, 0.3) is 10.9 Å². The summed E-state index contributed by atoms with van der Waals surface area (Å²) in [6.45, 7) is 3.09. The Kier molecular flexibility index (Phi) is 11.9. The molecule has 1 saturated heterocycles. The topological polar surface area (TPSA) is 55.5 Å². The van der Waals surface area contributed by atoms with Gasteiger partial charge in [-0.25, -0.2) is 0 Å². The van der Waals surface area contributed by atoms with Gasteiger partial charge in [0.05, 0.1) is 11.1 Å². The van der Waals surface area contributed by atoms with Gasteiger partial charge in [0, 0.05) is 80.4 Å². The molecule has 0 spiro atoms. The Bertz CT molecular complexity index is 1530. The molecule has 14 heteroatoms. The normalized spacial score (nSPS) is 16.0. The minimum Gasteiger partial charge on any atom is -0.361 e. The molecule has 6 nitrogen and oxygen atoms in total. The number of amides is 1. The molecule has 5 rings (SSSR count). The lowest BCUT2D eigenvalue weighted by molar-refractivity contribution is -0.143. The molecule has 1 N–H and O–H groups in total. The fraction of sp³-hybridized carbons (Fsp3) is 0.355.